The highest BCUT2D eigenvalue weighted by molar-refractivity contribution is 7.89. The molecule has 0 spiro atoms. The van der Waals surface area contributed by atoms with Gasteiger partial charge in [-0.2, -0.15) is 4.31 Å². The van der Waals surface area contributed by atoms with E-state index in [1.807, 2.05) is 0 Å². The SMILES string of the molecule is O=COC1(CS(=O)(=O)N2CCOCC2)CCCCC1. The van der Waals surface area contributed by atoms with E-state index in [0.29, 0.717) is 45.6 Å². The van der Waals surface area contributed by atoms with Gasteiger partial charge in [-0.15, -0.1) is 0 Å². The lowest BCUT2D eigenvalue weighted by atomic mass is 9.86. The van der Waals surface area contributed by atoms with Crippen LogP contribution in [0.1, 0.15) is 32.1 Å². The van der Waals surface area contributed by atoms with Crippen molar-refractivity contribution in [2.75, 3.05) is 32.1 Å². The largest absolute Gasteiger partial charge is 0.460 e. The second-order valence-corrected chi connectivity index (χ2v) is 7.19. The van der Waals surface area contributed by atoms with Gasteiger partial charge in [-0.3, -0.25) is 4.79 Å². The molecule has 1 aliphatic heterocycles. The maximum absolute atomic E-state index is 12.4. The predicted molar refractivity (Wildman–Crippen MR) is 69.1 cm³/mol. The maximum atomic E-state index is 12.4. The van der Waals surface area contributed by atoms with Gasteiger partial charge in [0.1, 0.15) is 11.4 Å². The molecule has 2 fully saturated rings. The fourth-order valence-electron chi connectivity index (χ4n) is 2.84. The van der Waals surface area contributed by atoms with Crippen LogP contribution in [-0.4, -0.2) is 56.9 Å². The van der Waals surface area contributed by atoms with Gasteiger partial charge < -0.3 is 9.47 Å². The molecule has 0 bridgehead atoms. The summed E-state index contributed by atoms with van der Waals surface area (Å²) in [5.74, 6) is -0.0985. The van der Waals surface area contributed by atoms with E-state index in [9.17, 15) is 13.2 Å². The van der Waals surface area contributed by atoms with E-state index in [-0.39, 0.29) is 5.75 Å². The summed E-state index contributed by atoms with van der Waals surface area (Å²) in [4.78, 5) is 10.7. The summed E-state index contributed by atoms with van der Waals surface area (Å²) in [6.07, 6.45) is 4.16. The van der Waals surface area contributed by atoms with Crippen molar-refractivity contribution in [2.24, 2.45) is 0 Å². The molecule has 0 aromatic rings. The molecule has 1 heterocycles. The summed E-state index contributed by atoms with van der Waals surface area (Å²) in [7, 11) is -3.39. The van der Waals surface area contributed by atoms with Crippen LogP contribution in [0.15, 0.2) is 0 Å². The zero-order valence-electron chi connectivity index (χ0n) is 11.0. The van der Waals surface area contributed by atoms with Crippen LogP contribution in [0.4, 0.5) is 0 Å². The number of rotatable bonds is 5. The summed E-state index contributed by atoms with van der Waals surface area (Å²) in [5.41, 5.74) is -0.822. The van der Waals surface area contributed by atoms with Crippen LogP contribution in [-0.2, 0) is 24.3 Å². The van der Waals surface area contributed by atoms with Crippen LogP contribution < -0.4 is 0 Å². The molecule has 6 nitrogen and oxygen atoms in total. The summed E-state index contributed by atoms with van der Waals surface area (Å²) in [6.45, 7) is 2.03. The lowest BCUT2D eigenvalue weighted by molar-refractivity contribution is -0.144. The van der Waals surface area contributed by atoms with Gasteiger partial charge in [-0.1, -0.05) is 6.42 Å². The minimum absolute atomic E-state index is 0.0985. The van der Waals surface area contributed by atoms with Gasteiger partial charge in [0.25, 0.3) is 6.47 Å². The van der Waals surface area contributed by atoms with Gasteiger partial charge in [-0.25, -0.2) is 8.42 Å². The zero-order chi connectivity index (χ0) is 13.8. The van der Waals surface area contributed by atoms with Crippen LogP contribution in [0.2, 0.25) is 0 Å². The molecule has 1 saturated heterocycles. The molecule has 19 heavy (non-hydrogen) atoms. The number of morpholine rings is 1. The summed E-state index contributed by atoms with van der Waals surface area (Å²) < 4.78 is 36.6. The second-order valence-electron chi connectivity index (χ2n) is 5.23. The van der Waals surface area contributed by atoms with Gasteiger partial charge in [0.05, 0.1) is 13.2 Å². The molecule has 110 valence electrons. The maximum Gasteiger partial charge on any atom is 0.293 e. The van der Waals surface area contributed by atoms with E-state index in [2.05, 4.69) is 0 Å². The molecule has 0 unspecified atom stereocenters. The van der Waals surface area contributed by atoms with Crippen molar-refractivity contribution in [3.8, 4) is 0 Å². The van der Waals surface area contributed by atoms with Gasteiger partial charge in [-0.05, 0) is 25.7 Å². The highest BCUT2D eigenvalue weighted by Crippen LogP contribution is 2.33. The Labute approximate surface area is 114 Å². The number of hydrogen-bond donors (Lipinski definition) is 0. The highest BCUT2D eigenvalue weighted by Gasteiger charge is 2.41. The first-order chi connectivity index (χ1) is 9.08. The lowest BCUT2D eigenvalue weighted by Crippen LogP contribution is -2.49. The molecule has 0 amide bonds. The normalized spacial score (nSPS) is 24.8. The standard InChI is InChI=1S/C12H21NO5S/c14-11-18-12(4-2-1-3-5-12)10-19(15,16)13-6-8-17-9-7-13/h11H,1-10H2. The van der Waals surface area contributed by atoms with Gasteiger partial charge in [0.15, 0.2) is 0 Å². The molecule has 0 aromatic heterocycles. The lowest BCUT2D eigenvalue weighted by Gasteiger charge is -2.37. The molecule has 0 atom stereocenters. The van der Waals surface area contributed by atoms with Crippen LogP contribution >= 0.6 is 0 Å². The Morgan fingerprint density at radius 2 is 1.79 bits per heavy atom. The van der Waals surface area contributed by atoms with Crippen LogP contribution in [0.5, 0.6) is 0 Å². The molecular formula is C12H21NO5S. The Morgan fingerprint density at radius 1 is 1.16 bits per heavy atom. The molecule has 1 aliphatic carbocycles. The number of carbonyl (C=O) groups excluding carboxylic acids is 1. The van der Waals surface area contributed by atoms with E-state index in [0.717, 1.165) is 19.3 Å². The van der Waals surface area contributed by atoms with Crippen molar-refractivity contribution in [1.82, 2.24) is 4.31 Å². The smallest absolute Gasteiger partial charge is 0.293 e. The van der Waals surface area contributed by atoms with Crippen molar-refractivity contribution in [1.29, 1.82) is 0 Å². The van der Waals surface area contributed by atoms with E-state index >= 15 is 0 Å². The molecule has 0 radical (unpaired) electrons. The van der Waals surface area contributed by atoms with Crippen LogP contribution in [0.25, 0.3) is 0 Å². The Kier molecular flexibility index (Phi) is 4.81. The van der Waals surface area contributed by atoms with Crippen molar-refractivity contribution in [3.05, 3.63) is 0 Å². The fourth-order valence-corrected chi connectivity index (χ4v) is 4.75. The minimum atomic E-state index is -3.39. The number of ether oxygens (including phenoxy) is 2. The first kappa shape index (κ1) is 14.7. The molecular weight excluding hydrogens is 270 g/mol. The van der Waals surface area contributed by atoms with Gasteiger partial charge in [0, 0.05) is 13.1 Å². The molecule has 2 aliphatic rings. The third kappa shape index (κ3) is 3.67. The van der Waals surface area contributed by atoms with E-state index < -0.39 is 15.6 Å². The van der Waals surface area contributed by atoms with E-state index in [4.69, 9.17) is 9.47 Å². The third-order valence-electron chi connectivity index (χ3n) is 3.87. The van der Waals surface area contributed by atoms with Crippen molar-refractivity contribution in [2.45, 2.75) is 37.7 Å². The summed E-state index contributed by atoms with van der Waals surface area (Å²) in [5, 5.41) is 0. The topological polar surface area (TPSA) is 72.9 Å². The van der Waals surface area contributed by atoms with Crippen molar-refractivity contribution in [3.63, 3.8) is 0 Å². The second kappa shape index (κ2) is 6.19. The molecule has 0 aromatic carbocycles. The van der Waals surface area contributed by atoms with E-state index in [1.165, 1.54) is 4.31 Å². The Balaban J connectivity index is 2.08. The Bertz CT molecular complexity index is 396. The summed E-state index contributed by atoms with van der Waals surface area (Å²) >= 11 is 0. The quantitative estimate of drug-likeness (QED) is 0.691. The van der Waals surface area contributed by atoms with Crippen molar-refractivity contribution < 1.29 is 22.7 Å². The molecule has 7 heteroatoms. The average molecular weight is 291 g/mol. The fraction of sp³-hybridized carbons (Fsp3) is 0.917. The highest BCUT2D eigenvalue weighted by atomic mass is 32.2. The van der Waals surface area contributed by atoms with Crippen molar-refractivity contribution >= 4 is 16.5 Å². The number of hydrogen-bond acceptors (Lipinski definition) is 5. The Hall–Kier alpha value is -0.660. The first-order valence-electron chi connectivity index (χ1n) is 6.75. The first-order valence-corrected chi connectivity index (χ1v) is 8.36. The van der Waals surface area contributed by atoms with Crippen LogP contribution in [0.3, 0.4) is 0 Å². The molecule has 0 N–H and O–H groups in total. The van der Waals surface area contributed by atoms with Gasteiger partial charge >= 0.3 is 0 Å². The monoisotopic (exact) mass is 291 g/mol. The number of nitrogens with zero attached hydrogens (tertiary/aromatic N) is 1. The zero-order valence-corrected chi connectivity index (χ0v) is 11.9. The van der Waals surface area contributed by atoms with Crippen LogP contribution in [0, 0.1) is 0 Å². The third-order valence-corrected chi connectivity index (χ3v) is 5.91. The number of carbonyl (C=O) groups is 1. The number of sulfonamides is 1. The van der Waals surface area contributed by atoms with E-state index in [1.54, 1.807) is 0 Å². The molecule has 2 rings (SSSR count). The molecule has 1 saturated carbocycles. The minimum Gasteiger partial charge on any atom is -0.460 e. The average Bonchev–Trinajstić information content (AvgIpc) is 2.40. The van der Waals surface area contributed by atoms with Gasteiger partial charge in [0.2, 0.25) is 10.0 Å². The predicted octanol–water partition coefficient (Wildman–Crippen LogP) is 0.524. The Morgan fingerprint density at radius 3 is 2.37 bits per heavy atom. The summed E-state index contributed by atoms with van der Waals surface area (Å²) in [6, 6.07) is 0.